The van der Waals surface area contributed by atoms with Crippen molar-refractivity contribution in [1.29, 1.82) is 0 Å². The van der Waals surface area contributed by atoms with Crippen molar-refractivity contribution in [2.75, 3.05) is 14.2 Å². The third-order valence-electron chi connectivity index (χ3n) is 5.27. The van der Waals surface area contributed by atoms with E-state index >= 15 is 0 Å². The number of hydrogen-bond donors (Lipinski definition) is 2. The fraction of sp³-hybridized carbons (Fsp3) is 0.111. The van der Waals surface area contributed by atoms with Crippen molar-refractivity contribution in [3.8, 4) is 11.5 Å². The highest BCUT2D eigenvalue weighted by molar-refractivity contribution is 6.06. The minimum Gasteiger partial charge on any atom is -0.493 e. The molecule has 0 bridgehead atoms. The van der Waals surface area contributed by atoms with E-state index in [2.05, 4.69) is 10.6 Å². The highest BCUT2D eigenvalue weighted by Gasteiger charge is 2.17. The van der Waals surface area contributed by atoms with Crippen molar-refractivity contribution in [2.45, 2.75) is 6.54 Å². The Kier molecular flexibility index (Phi) is 6.93. The second-order valence-corrected chi connectivity index (χ2v) is 7.41. The number of benzene rings is 3. The van der Waals surface area contributed by atoms with Crippen LogP contribution in [0.15, 0.2) is 89.2 Å². The van der Waals surface area contributed by atoms with E-state index in [0.29, 0.717) is 22.8 Å². The molecule has 1 heterocycles. The maximum Gasteiger partial charge on any atom is 0.268 e. The topological polar surface area (TPSA) is 89.8 Å². The molecule has 0 aliphatic carbocycles. The molecule has 0 unspecified atom stereocenters. The average Bonchev–Trinajstić information content (AvgIpc) is 3.40. The maximum absolute atomic E-state index is 13.1. The summed E-state index contributed by atoms with van der Waals surface area (Å²) in [6.45, 7) is 0.185. The lowest BCUT2D eigenvalue weighted by Gasteiger charge is -2.13. The molecular weight excluding hydrogens is 432 g/mol. The number of carbonyl (C=O) groups excluding carboxylic acids is 2. The molecular formula is C27H24N2O5. The summed E-state index contributed by atoms with van der Waals surface area (Å²) in [5, 5.41) is 7.52. The number of amides is 2. The van der Waals surface area contributed by atoms with E-state index in [1.165, 1.54) is 20.5 Å². The molecule has 4 rings (SSSR count). The lowest BCUT2D eigenvalue weighted by molar-refractivity contribution is -0.118. The first-order chi connectivity index (χ1) is 16.6. The van der Waals surface area contributed by atoms with E-state index in [1.54, 1.807) is 36.4 Å². The van der Waals surface area contributed by atoms with Crippen molar-refractivity contribution < 1.29 is 23.5 Å². The van der Waals surface area contributed by atoms with Gasteiger partial charge in [0, 0.05) is 5.56 Å². The lowest BCUT2D eigenvalue weighted by atomic mass is 10.0. The van der Waals surface area contributed by atoms with Gasteiger partial charge in [0.2, 0.25) is 0 Å². The number of methoxy groups -OCH3 is 2. The summed E-state index contributed by atoms with van der Waals surface area (Å²) in [7, 11) is 3.01. The Hall–Kier alpha value is -4.52. The SMILES string of the molecule is COc1ccc(C(=O)NC(=Cc2cccc3ccccc23)C(=O)NCc2ccco2)cc1OC. The van der Waals surface area contributed by atoms with Crippen molar-refractivity contribution >= 4 is 28.7 Å². The Labute approximate surface area is 197 Å². The van der Waals surface area contributed by atoms with Gasteiger partial charge in [-0.25, -0.2) is 0 Å². The fourth-order valence-electron chi connectivity index (χ4n) is 3.54. The second-order valence-electron chi connectivity index (χ2n) is 7.41. The number of nitrogens with one attached hydrogen (secondary N) is 2. The molecule has 2 amide bonds. The van der Waals surface area contributed by atoms with Crippen LogP contribution in [0.1, 0.15) is 21.7 Å². The molecule has 0 aliphatic heterocycles. The van der Waals surface area contributed by atoms with Crippen LogP contribution in [0.2, 0.25) is 0 Å². The van der Waals surface area contributed by atoms with Crippen LogP contribution in [-0.2, 0) is 11.3 Å². The lowest BCUT2D eigenvalue weighted by Crippen LogP contribution is -2.34. The van der Waals surface area contributed by atoms with Crippen molar-refractivity contribution in [3.63, 3.8) is 0 Å². The van der Waals surface area contributed by atoms with Gasteiger partial charge in [-0.15, -0.1) is 0 Å². The molecule has 4 aromatic rings. The molecule has 0 atom stereocenters. The Morgan fingerprint density at radius 3 is 2.47 bits per heavy atom. The molecule has 0 radical (unpaired) electrons. The van der Waals surface area contributed by atoms with Crippen molar-refractivity contribution in [3.05, 3.63) is 102 Å². The number of carbonyl (C=O) groups is 2. The summed E-state index contributed by atoms with van der Waals surface area (Å²) in [4.78, 5) is 26.2. The van der Waals surface area contributed by atoms with Gasteiger partial charge in [0.1, 0.15) is 11.5 Å². The Balaban J connectivity index is 1.66. The largest absolute Gasteiger partial charge is 0.493 e. The van der Waals surface area contributed by atoms with Crippen LogP contribution in [-0.4, -0.2) is 26.0 Å². The van der Waals surface area contributed by atoms with Crippen LogP contribution in [0, 0.1) is 0 Å². The summed E-state index contributed by atoms with van der Waals surface area (Å²) in [6.07, 6.45) is 3.20. The van der Waals surface area contributed by atoms with Crippen LogP contribution in [0.5, 0.6) is 11.5 Å². The predicted molar refractivity (Wildman–Crippen MR) is 129 cm³/mol. The molecule has 172 valence electrons. The van der Waals surface area contributed by atoms with E-state index in [0.717, 1.165) is 16.3 Å². The molecule has 0 aliphatic rings. The van der Waals surface area contributed by atoms with Crippen LogP contribution in [0.4, 0.5) is 0 Å². The third-order valence-corrected chi connectivity index (χ3v) is 5.27. The summed E-state index contributed by atoms with van der Waals surface area (Å²) < 4.78 is 15.8. The Morgan fingerprint density at radius 1 is 0.912 bits per heavy atom. The Bertz CT molecular complexity index is 1340. The molecule has 0 saturated heterocycles. The minimum absolute atomic E-state index is 0.0997. The average molecular weight is 456 g/mol. The zero-order chi connectivity index (χ0) is 23.9. The monoisotopic (exact) mass is 456 g/mol. The standard InChI is InChI=1S/C27H24N2O5/c1-32-24-13-12-20(16-25(24)33-2)26(30)29-23(27(31)28-17-21-10-6-14-34-21)15-19-9-5-8-18-7-3-4-11-22(18)19/h3-16H,17H2,1-2H3,(H,28,31)(H,29,30). The smallest absolute Gasteiger partial charge is 0.268 e. The van der Waals surface area contributed by atoms with Gasteiger partial charge in [-0.05, 0) is 52.7 Å². The molecule has 2 N–H and O–H groups in total. The third kappa shape index (κ3) is 5.10. The first-order valence-corrected chi connectivity index (χ1v) is 10.6. The second kappa shape index (κ2) is 10.4. The fourth-order valence-corrected chi connectivity index (χ4v) is 3.54. The van der Waals surface area contributed by atoms with Crippen LogP contribution in [0.25, 0.3) is 16.8 Å². The van der Waals surface area contributed by atoms with E-state index in [1.807, 2.05) is 42.5 Å². The zero-order valence-corrected chi connectivity index (χ0v) is 18.8. The molecule has 7 nitrogen and oxygen atoms in total. The van der Waals surface area contributed by atoms with E-state index in [9.17, 15) is 9.59 Å². The number of fused-ring (bicyclic) bond motifs is 1. The van der Waals surface area contributed by atoms with Gasteiger partial charge in [0.05, 0.1) is 27.0 Å². The normalized spacial score (nSPS) is 11.2. The summed E-state index contributed by atoms with van der Waals surface area (Å²) in [5.41, 5.74) is 1.22. The molecule has 1 aromatic heterocycles. The van der Waals surface area contributed by atoms with Crippen molar-refractivity contribution in [1.82, 2.24) is 10.6 Å². The first kappa shape index (κ1) is 22.7. The van der Waals surface area contributed by atoms with Gasteiger partial charge >= 0.3 is 0 Å². The van der Waals surface area contributed by atoms with Crippen LogP contribution in [0.3, 0.4) is 0 Å². The molecule has 3 aromatic carbocycles. The van der Waals surface area contributed by atoms with Gasteiger partial charge < -0.3 is 24.5 Å². The van der Waals surface area contributed by atoms with Gasteiger partial charge in [-0.2, -0.15) is 0 Å². The maximum atomic E-state index is 13.1. The highest BCUT2D eigenvalue weighted by Crippen LogP contribution is 2.27. The van der Waals surface area contributed by atoms with E-state index in [4.69, 9.17) is 13.9 Å². The molecule has 0 saturated carbocycles. The van der Waals surface area contributed by atoms with E-state index in [-0.39, 0.29) is 12.2 Å². The van der Waals surface area contributed by atoms with E-state index < -0.39 is 11.8 Å². The number of ether oxygens (including phenoxy) is 2. The molecule has 34 heavy (non-hydrogen) atoms. The quantitative estimate of drug-likeness (QED) is 0.380. The number of furan rings is 1. The van der Waals surface area contributed by atoms with Gasteiger partial charge in [0.15, 0.2) is 11.5 Å². The number of hydrogen-bond acceptors (Lipinski definition) is 5. The van der Waals surface area contributed by atoms with Gasteiger partial charge in [0.25, 0.3) is 11.8 Å². The minimum atomic E-state index is -0.458. The number of rotatable bonds is 8. The summed E-state index contributed by atoms with van der Waals surface area (Å²) >= 11 is 0. The molecule has 0 fully saturated rings. The molecule has 0 spiro atoms. The first-order valence-electron chi connectivity index (χ1n) is 10.6. The summed E-state index contributed by atoms with van der Waals surface area (Å²) in [6, 6.07) is 21.9. The molecule has 7 heteroatoms. The highest BCUT2D eigenvalue weighted by atomic mass is 16.5. The predicted octanol–water partition coefficient (Wildman–Crippen LogP) is 4.54. The van der Waals surface area contributed by atoms with Gasteiger partial charge in [-0.3, -0.25) is 9.59 Å². The summed E-state index contributed by atoms with van der Waals surface area (Å²) in [5.74, 6) is 0.613. The zero-order valence-electron chi connectivity index (χ0n) is 18.8. The van der Waals surface area contributed by atoms with Crippen LogP contribution >= 0.6 is 0 Å². The van der Waals surface area contributed by atoms with Crippen molar-refractivity contribution in [2.24, 2.45) is 0 Å². The Morgan fingerprint density at radius 2 is 1.71 bits per heavy atom. The van der Waals surface area contributed by atoms with Crippen LogP contribution < -0.4 is 20.1 Å². The van der Waals surface area contributed by atoms with Gasteiger partial charge in [-0.1, -0.05) is 42.5 Å².